The van der Waals surface area contributed by atoms with Crippen molar-refractivity contribution < 1.29 is 22.8 Å². The zero-order valence-electron chi connectivity index (χ0n) is 17.5. The van der Waals surface area contributed by atoms with Crippen LogP contribution in [0.15, 0.2) is 36.4 Å². The van der Waals surface area contributed by atoms with Gasteiger partial charge in [-0.2, -0.15) is 0 Å². The molecule has 3 rings (SSSR count). The average Bonchev–Trinajstić information content (AvgIpc) is 2.82. The molecule has 5 nitrogen and oxygen atoms in total. The van der Waals surface area contributed by atoms with Gasteiger partial charge in [0, 0.05) is 30.8 Å². The molecule has 0 spiro atoms. The van der Waals surface area contributed by atoms with Crippen molar-refractivity contribution in [3.63, 3.8) is 0 Å². The Kier molecular flexibility index (Phi) is 7.00. The molecule has 2 amide bonds. The zero-order chi connectivity index (χ0) is 22.7. The molecule has 1 aliphatic heterocycles. The van der Waals surface area contributed by atoms with Crippen LogP contribution in [0.25, 0.3) is 0 Å². The van der Waals surface area contributed by atoms with Crippen LogP contribution in [0.5, 0.6) is 0 Å². The monoisotopic (exact) mass is 433 g/mol. The van der Waals surface area contributed by atoms with E-state index in [-0.39, 0.29) is 42.7 Å². The summed E-state index contributed by atoms with van der Waals surface area (Å²) < 4.78 is 40.6. The lowest BCUT2D eigenvalue weighted by Gasteiger charge is -2.30. The second kappa shape index (κ2) is 9.51. The van der Waals surface area contributed by atoms with Gasteiger partial charge in [-0.05, 0) is 42.0 Å². The minimum atomic E-state index is -1.28. The average molecular weight is 433 g/mol. The van der Waals surface area contributed by atoms with Crippen LogP contribution in [0.3, 0.4) is 0 Å². The molecule has 0 aliphatic carbocycles. The van der Waals surface area contributed by atoms with Crippen LogP contribution in [0, 0.1) is 23.4 Å². The van der Waals surface area contributed by atoms with Crippen LogP contribution >= 0.6 is 0 Å². The van der Waals surface area contributed by atoms with Crippen molar-refractivity contribution in [1.82, 2.24) is 4.90 Å². The van der Waals surface area contributed by atoms with E-state index in [4.69, 9.17) is 5.73 Å². The summed E-state index contributed by atoms with van der Waals surface area (Å²) in [6.45, 7) is 4.16. The van der Waals surface area contributed by atoms with Crippen molar-refractivity contribution in [3.05, 3.63) is 65.0 Å². The second-order valence-corrected chi connectivity index (χ2v) is 8.34. The van der Waals surface area contributed by atoms with E-state index in [2.05, 4.69) is 5.32 Å². The standard InChI is InChI=1S/C23H26F3N3O2/c1-13(2)7-21-23(31)28-20-6-4-3-5-14(20)12-29(21)22(30)10-16(27)8-15-9-18(25)19(26)11-17(15)24/h3-6,9,11,13,16,21H,7-8,10,12,27H2,1-2H3,(H,28,31)/t16-,21+/m1/s1. The molecule has 3 N–H and O–H groups in total. The number of fused-ring (bicyclic) bond motifs is 1. The first-order valence-electron chi connectivity index (χ1n) is 10.2. The number of hydrogen-bond donors (Lipinski definition) is 2. The Balaban J connectivity index is 1.79. The Labute approximate surface area is 179 Å². The van der Waals surface area contributed by atoms with Crippen molar-refractivity contribution in [2.24, 2.45) is 11.7 Å². The number of carbonyl (C=O) groups is 2. The van der Waals surface area contributed by atoms with E-state index in [1.807, 2.05) is 26.0 Å². The smallest absolute Gasteiger partial charge is 0.247 e. The van der Waals surface area contributed by atoms with Gasteiger partial charge in [0.2, 0.25) is 11.8 Å². The zero-order valence-corrected chi connectivity index (χ0v) is 17.5. The lowest BCUT2D eigenvalue weighted by atomic mass is 9.99. The Morgan fingerprint density at radius 3 is 2.55 bits per heavy atom. The van der Waals surface area contributed by atoms with E-state index >= 15 is 0 Å². The largest absolute Gasteiger partial charge is 0.327 e. The number of nitrogens with two attached hydrogens (primary N) is 1. The Morgan fingerprint density at radius 1 is 1.16 bits per heavy atom. The van der Waals surface area contributed by atoms with Crippen LogP contribution in [0.2, 0.25) is 0 Å². The number of hydrogen-bond acceptors (Lipinski definition) is 3. The summed E-state index contributed by atoms with van der Waals surface area (Å²) >= 11 is 0. The minimum Gasteiger partial charge on any atom is -0.327 e. The van der Waals surface area contributed by atoms with Gasteiger partial charge in [0.1, 0.15) is 11.9 Å². The molecule has 0 saturated heterocycles. The van der Waals surface area contributed by atoms with Gasteiger partial charge in [-0.3, -0.25) is 9.59 Å². The van der Waals surface area contributed by atoms with Crippen LogP contribution in [0.4, 0.5) is 18.9 Å². The molecule has 0 aromatic heterocycles. The van der Waals surface area contributed by atoms with Crippen LogP contribution < -0.4 is 11.1 Å². The molecular formula is C23H26F3N3O2. The van der Waals surface area contributed by atoms with Crippen LogP contribution in [-0.2, 0) is 22.6 Å². The maximum atomic E-state index is 13.9. The first-order valence-corrected chi connectivity index (χ1v) is 10.2. The Bertz CT molecular complexity index is 981. The second-order valence-electron chi connectivity index (χ2n) is 8.34. The van der Waals surface area contributed by atoms with Crippen LogP contribution in [0.1, 0.15) is 37.8 Å². The summed E-state index contributed by atoms with van der Waals surface area (Å²) in [5.41, 5.74) is 7.41. The molecule has 0 fully saturated rings. The quantitative estimate of drug-likeness (QED) is 0.682. The number of nitrogens with zero attached hydrogens (tertiary/aromatic N) is 1. The Hall–Kier alpha value is -2.87. The van der Waals surface area contributed by atoms with Crippen LogP contribution in [-0.4, -0.2) is 28.8 Å². The van der Waals surface area contributed by atoms with Gasteiger partial charge in [0.15, 0.2) is 11.6 Å². The summed E-state index contributed by atoms with van der Waals surface area (Å²) in [5.74, 6) is -3.83. The fourth-order valence-electron chi connectivity index (χ4n) is 3.79. The predicted octanol–water partition coefficient (Wildman–Crippen LogP) is 3.76. The fraction of sp³-hybridized carbons (Fsp3) is 0.391. The minimum absolute atomic E-state index is 0.100. The van der Waals surface area contributed by atoms with E-state index in [0.29, 0.717) is 18.2 Å². The van der Waals surface area contributed by atoms with Crippen molar-refractivity contribution in [1.29, 1.82) is 0 Å². The highest BCUT2D eigenvalue weighted by atomic mass is 19.2. The number of carbonyl (C=O) groups excluding carboxylic acids is 2. The molecule has 0 unspecified atom stereocenters. The molecule has 1 aliphatic rings. The number of nitrogens with one attached hydrogen (secondary N) is 1. The van der Waals surface area contributed by atoms with E-state index in [1.54, 1.807) is 12.1 Å². The molecule has 1 heterocycles. The van der Waals surface area contributed by atoms with Gasteiger partial charge in [-0.1, -0.05) is 32.0 Å². The van der Waals surface area contributed by atoms with Crippen molar-refractivity contribution >= 4 is 17.5 Å². The molecule has 0 radical (unpaired) electrons. The third kappa shape index (κ3) is 5.44. The molecule has 31 heavy (non-hydrogen) atoms. The van der Waals surface area contributed by atoms with Gasteiger partial charge in [-0.15, -0.1) is 0 Å². The summed E-state index contributed by atoms with van der Waals surface area (Å²) in [7, 11) is 0. The highest BCUT2D eigenvalue weighted by Crippen LogP contribution is 2.27. The molecule has 0 bridgehead atoms. The third-order valence-corrected chi connectivity index (χ3v) is 5.32. The topological polar surface area (TPSA) is 75.4 Å². The predicted molar refractivity (Wildman–Crippen MR) is 111 cm³/mol. The van der Waals surface area contributed by atoms with Crippen molar-refractivity contribution in [2.75, 3.05) is 5.32 Å². The summed E-state index contributed by atoms with van der Waals surface area (Å²) in [5, 5.41) is 2.88. The van der Waals surface area contributed by atoms with E-state index in [9.17, 15) is 22.8 Å². The van der Waals surface area contributed by atoms with E-state index in [0.717, 1.165) is 11.6 Å². The summed E-state index contributed by atoms with van der Waals surface area (Å²) in [6.07, 6.45) is 0.168. The maximum absolute atomic E-state index is 13.9. The van der Waals surface area contributed by atoms with Gasteiger partial charge >= 0.3 is 0 Å². The lowest BCUT2D eigenvalue weighted by Crippen LogP contribution is -2.47. The summed E-state index contributed by atoms with van der Waals surface area (Å²) in [6, 6.07) is 6.98. The molecule has 166 valence electrons. The number of halogens is 3. The van der Waals surface area contributed by atoms with Gasteiger partial charge in [0.05, 0.1) is 0 Å². The van der Waals surface area contributed by atoms with Crippen molar-refractivity contribution in [3.8, 4) is 0 Å². The summed E-state index contributed by atoms with van der Waals surface area (Å²) in [4.78, 5) is 27.5. The highest BCUT2D eigenvalue weighted by Gasteiger charge is 2.34. The molecule has 2 aromatic rings. The SMILES string of the molecule is CC(C)C[C@H]1C(=O)Nc2ccccc2CN1C(=O)C[C@H](N)Cc1cc(F)c(F)cc1F. The number of amides is 2. The first kappa shape index (κ1) is 22.8. The first-order chi connectivity index (χ1) is 14.7. The molecular weight excluding hydrogens is 407 g/mol. The number of rotatable bonds is 6. The maximum Gasteiger partial charge on any atom is 0.247 e. The fourth-order valence-corrected chi connectivity index (χ4v) is 3.79. The molecule has 8 heteroatoms. The normalized spacial score (nSPS) is 17.2. The van der Waals surface area contributed by atoms with E-state index in [1.165, 1.54) is 4.90 Å². The number of para-hydroxylation sites is 1. The molecule has 2 atom stereocenters. The number of benzene rings is 2. The van der Waals surface area contributed by atoms with E-state index < -0.39 is 29.5 Å². The molecule has 2 aromatic carbocycles. The highest BCUT2D eigenvalue weighted by molar-refractivity contribution is 5.98. The lowest BCUT2D eigenvalue weighted by molar-refractivity contribution is -0.140. The van der Waals surface area contributed by atoms with Gasteiger partial charge in [-0.25, -0.2) is 13.2 Å². The third-order valence-electron chi connectivity index (χ3n) is 5.32. The number of anilines is 1. The van der Waals surface area contributed by atoms with Crippen molar-refractivity contribution in [2.45, 2.75) is 51.7 Å². The molecule has 0 saturated carbocycles. The van der Waals surface area contributed by atoms with Gasteiger partial charge in [0.25, 0.3) is 0 Å². The van der Waals surface area contributed by atoms with Gasteiger partial charge < -0.3 is 16.0 Å². The Morgan fingerprint density at radius 2 is 1.84 bits per heavy atom.